The van der Waals surface area contributed by atoms with E-state index in [9.17, 15) is 4.79 Å². The third-order valence-electron chi connectivity index (χ3n) is 5.21. The standard InChI is InChI=1S/C19H29N3O2/c1-15-5-6-18(24-2)17(13-15)20-19(23)14-21-11-7-16(8-12-21)22-9-3-4-10-22/h5-6,13,16H,3-4,7-12,14H2,1-2H3,(H,20,23). The van der Waals surface area contributed by atoms with E-state index >= 15 is 0 Å². The van der Waals surface area contributed by atoms with E-state index < -0.39 is 0 Å². The highest BCUT2D eigenvalue weighted by Gasteiger charge is 2.27. The minimum atomic E-state index is 0.0403. The zero-order valence-electron chi connectivity index (χ0n) is 14.9. The van der Waals surface area contributed by atoms with Crippen LogP contribution in [0.3, 0.4) is 0 Å². The van der Waals surface area contributed by atoms with Gasteiger partial charge in [-0.3, -0.25) is 9.69 Å². The molecule has 1 aromatic rings. The number of carbonyl (C=O) groups excluding carboxylic acids is 1. The van der Waals surface area contributed by atoms with Gasteiger partial charge in [-0.2, -0.15) is 0 Å². The average Bonchev–Trinajstić information content (AvgIpc) is 3.10. The van der Waals surface area contributed by atoms with E-state index in [1.807, 2.05) is 25.1 Å². The van der Waals surface area contributed by atoms with Gasteiger partial charge in [0, 0.05) is 19.1 Å². The van der Waals surface area contributed by atoms with Crippen molar-refractivity contribution in [2.75, 3.05) is 45.2 Å². The molecule has 2 aliphatic heterocycles. The van der Waals surface area contributed by atoms with Crippen LogP contribution in [0.4, 0.5) is 5.69 Å². The molecule has 1 amide bonds. The Labute approximate surface area is 145 Å². The van der Waals surface area contributed by atoms with Gasteiger partial charge in [0.25, 0.3) is 0 Å². The predicted molar refractivity (Wildman–Crippen MR) is 96.6 cm³/mol. The van der Waals surface area contributed by atoms with Gasteiger partial charge in [-0.05, 0) is 63.4 Å². The quantitative estimate of drug-likeness (QED) is 0.900. The number of piperidine rings is 1. The summed E-state index contributed by atoms with van der Waals surface area (Å²) in [5.41, 5.74) is 1.87. The molecule has 132 valence electrons. The number of benzene rings is 1. The predicted octanol–water partition coefficient (Wildman–Crippen LogP) is 2.50. The van der Waals surface area contributed by atoms with Crippen molar-refractivity contribution in [3.8, 4) is 5.75 Å². The van der Waals surface area contributed by atoms with Crippen LogP contribution >= 0.6 is 0 Å². The molecule has 0 aromatic heterocycles. The van der Waals surface area contributed by atoms with Gasteiger partial charge in [0.1, 0.15) is 5.75 Å². The van der Waals surface area contributed by atoms with Crippen molar-refractivity contribution < 1.29 is 9.53 Å². The van der Waals surface area contributed by atoms with E-state index in [-0.39, 0.29) is 5.91 Å². The van der Waals surface area contributed by atoms with Crippen LogP contribution < -0.4 is 10.1 Å². The second-order valence-electron chi connectivity index (χ2n) is 7.00. The van der Waals surface area contributed by atoms with Crippen LogP contribution in [0.2, 0.25) is 0 Å². The molecule has 24 heavy (non-hydrogen) atoms. The van der Waals surface area contributed by atoms with E-state index in [1.165, 1.54) is 38.8 Å². The molecule has 3 rings (SSSR count). The van der Waals surface area contributed by atoms with Gasteiger partial charge < -0.3 is 15.0 Å². The van der Waals surface area contributed by atoms with Crippen molar-refractivity contribution in [2.24, 2.45) is 0 Å². The Balaban J connectivity index is 1.48. The number of aryl methyl sites for hydroxylation is 1. The topological polar surface area (TPSA) is 44.8 Å². The lowest BCUT2D eigenvalue weighted by atomic mass is 10.0. The van der Waals surface area contributed by atoms with Crippen molar-refractivity contribution >= 4 is 11.6 Å². The number of carbonyl (C=O) groups is 1. The summed E-state index contributed by atoms with van der Waals surface area (Å²) in [7, 11) is 1.63. The number of hydrogen-bond donors (Lipinski definition) is 1. The lowest BCUT2D eigenvalue weighted by molar-refractivity contribution is -0.117. The molecule has 2 fully saturated rings. The average molecular weight is 331 g/mol. The zero-order valence-corrected chi connectivity index (χ0v) is 14.9. The fourth-order valence-corrected chi connectivity index (χ4v) is 3.86. The van der Waals surface area contributed by atoms with Gasteiger partial charge in [0.2, 0.25) is 5.91 Å². The van der Waals surface area contributed by atoms with Gasteiger partial charge in [0.05, 0.1) is 19.3 Å². The highest BCUT2D eigenvalue weighted by molar-refractivity contribution is 5.93. The molecule has 0 radical (unpaired) electrons. The Morgan fingerprint density at radius 2 is 1.92 bits per heavy atom. The first-order valence-electron chi connectivity index (χ1n) is 9.06. The Hall–Kier alpha value is -1.59. The first kappa shape index (κ1) is 17.2. The number of amides is 1. The van der Waals surface area contributed by atoms with Gasteiger partial charge >= 0.3 is 0 Å². The van der Waals surface area contributed by atoms with E-state index in [0.717, 1.165) is 30.4 Å². The van der Waals surface area contributed by atoms with Crippen LogP contribution in [0.25, 0.3) is 0 Å². The molecule has 0 spiro atoms. The van der Waals surface area contributed by atoms with Crippen LogP contribution in [-0.2, 0) is 4.79 Å². The number of hydrogen-bond acceptors (Lipinski definition) is 4. The van der Waals surface area contributed by atoms with Gasteiger partial charge in [-0.1, -0.05) is 6.07 Å². The number of rotatable bonds is 5. The molecule has 5 heteroatoms. The van der Waals surface area contributed by atoms with E-state index in [4.69, 9.17) is 4.74 Å². The van der Waals surface area contributed by atoms with Crippen LogP contribution in [0.5, 0.6) is 5.75 Å². The second kappa shape index (κ2) is 7.99. The minimum absolute atomic E-state index is 0.0403. The summed E-state index contributed by atoms with van der Waals surface area (Å²) in [4.78, 5) is 17.3. The maximum Gasteiger partial charge on any atom is 0.238 e. The van der Waals surface area contributed by atoms with Crippen LogP contribution in [0, 0.1) is 6.92 Å². The molecule has 0 atom stereocenters. The Kier molecular flexibility index (Phi) is 5.74. The highest BCUT2D eigenvalue weighted by atomic mass is 16.5. The maximum atomic E-state index is 12.4. The number of nitrogens with zero attached hydrogens (tertiary/aromatic N) is 2. The molecule has 1 N–H and O–H groups in total. The third kappa shape index (κ3) is 4.28. The Bertz CT molecular complexity index is 562. The summed E-state index contributed by atoms with van der Waals surface area (Å²) < 4.78 is 5.33. The summed E-state index contributed by atoms with van der Waals surface area (Å²) in [5.74, 6) is 0.750. The monoisotopic (exact) mass is 331 g/mol. The smallest absolute Gasteiger partial charge is 0.238 e. The van der Waals surface area contributed by atoms with E-state index in [2.05, 4.69) is 15.1 Å². The second-order valence-corrected chi connectivity index (χ2v) is 7.00. The molecule has 0 unspecified atom stereocenters. The van der Waals surface area contributed by atoms with E-state index in [1.54, 1.807) is 7.11 Å². The molecular formula is C19H29N3O2. The number of anilines is 1. The lowest BCUT2D eigenvalue weighted by Crippen LogP contribution is -2.45. The maximum absolute atomic E-state index is 12.4. The first-order chi connectivity index (χ1) is 11.7. The van der Waals surface area contributed by atoms with Gasteiger partial charge in [-0.15, -0.1) is 0 Å². The van der Waals surface area contributed by atoms with Crippen LogP contribution in [0.15, 0.2) is 18.2 Å². The van der Waals surface area contributed by atoms with Crippen LogP contribution in [0.1, 0.15) is 31.2 Å². The molecule has 1 aromatic carbocycles. The van der Waals surface area contributed by atoms with Gasteiger partial charge in [0.15, 0.2) is 0 Å². The molecule has 0 saturated carbocycles. The normalized spacial score (nSPS) is 20.2. The Morgan fingerprint density at radius 1 is 1.21 bits per heavy atom. The number of likely N-dealkylation sites (tertiary alicyclic amines) is 2. The number of methoxy groups -OCH3 is 1. The molecule has 0 bridgehead atoms. The minimum Gasteiger partial charge on any atom is -0.495 e. The summed E-state index contributed by atoms with van der Waals surface area (Å²) in [6.45, 7) is 7.03. The third-order valence-corrected chi connectivity index (χ3v) is 5.21. The molecule has 0 aliphatic carbocycles. The van der Waals surface area contributed by atoms with Crippen molar-refractivity contribution in [1.82, 2.24) is 9.80 Å². The van der Waals surface area contributed by atoms with Crippen molar-refractivity contribution in [1.29, 1.82) is 0 Å². The summed E-state index contributed by atoms with van der Waals surface area (Å²) >= 11 is 0. The first-order valence-corrected chi connectivity index (χ1v) is 9.06. The summed E-state index contributed by atoms with van der Waals surface area (Å²) in [6.07, 6.45) is 5.06. The van der Waals surface area contributed by atoms with Gasteiger partial charge in [-0.25, -0.2) is 0 Å². The molecule has 2 heterocycles. The highest BCUT2D eigenvalue weighted by Crippen LogP contribution is 2.25. The van der Waals surface area contributed by atoms with Crippen LogP contribution in [-0.4, -0.2) is 61.6 Å². The lowest BCUT2D eigenvalue weighted by Gasteiger charge is -2.36. The largest absolute Gasteiger partial charge is 0.495 e. The summed E-state index contributed by atoms with van der Waals surface area (Å²) in [6, 6.07) is 6.56. The zero-order chi connectivity index (χ0) is 16.9. The molecule has 5 nitrogen and oxygen atoms in total. The van der Waals surface area contributed by atoms with Crippen molar-refractivity contribution in [3.05, 3.63) is 23.8 Å². The van der Waals surface area contributed by atoms with Crippen molar-refractivity contribution in [3.63, 3.8) is 0 Å². The SMILES string of the molecule is COc1ccc(C)cc1NC(=O)CN1CCC(N2CCCC2)CC1. The molecule has 2 saturated heterocycles. The fraction of sp³-hybridized carbons (Fsp3) is 0.632. The van der Waals surface area contributed by atoms with E-state index in [0.29, 0.717) is 12.3 Å². The Morgan fingerprint density at radius 3 is 2.58 bits per heavy atom. The molecule has 2 aliphatic rings. The molecular weight excluding hydrogens is 302 g/mol. The number of nitrogens with one attached hydrogen (secondary N) is 1. The summed E-state index contributed by atoms with van der Waals surface area (Å²) in [5, 5.41) is 3.00. The number of ether oxygens (including phenoxy) is 1. The van der Waals surface area contributed by atoms with Crippen molar-refractivity contribution in [2.45, 2.75) is 38.6 Å². The fourth-order valence-electron chi connectivity index (χ4n) is 3.86.